The van der Waals surface area contributed by atoms with Crippen LogP contribution in [0, 0.1) is 13.8 Å². The molecule has 0 bridgehead atoms. The van der Waals surface area contributed by atoms with Gasteiger partial charge in [0.05, 0.1) is 17.2 Å². The van der Waals surface area contributed by atoms with Gasteiger partial charge in [0.15, 0.2) is 5.96 Å². The second-order valence-corrected chi connectivity index (χ2v) is 8.05. The van der Waals surface area contributed by atoms with Gasteiger partial charge in [0.2, 0.25) is 11.9 Å². The number of thiazole rings is 1. The van der Waals surface area contributed by atoms with Crippen LogP contribution in [0.5, 0.6) is 0 Å². The molecule has 0 unspecified atom stereocenters. The lowest BCUT2D eigenvalue weighted by molar-refractivity contribution is -0.131. The summed E-state index contributed by atoms with van der Waals surface area (Å²) in [6.07, 6.45) is 3.91. The molecule has 11 heteroatoms. The number of carbonyl (C=O) groups excluding carboxylic acids is 1. The Morgan fingerprint density at radius 3 is 2.47 bits per heavy atom. The molecule has 3 rings (SSSR count). The molecule has 1 aliphatic heterocycles. The number of aryl methyl sites for hydroxylation is 2. The van der Waals surface area contributed by atoms with Crippen molar-refractivity contribution in [2.45, 2.75) is 26.8 Å². The molecule has 0 radical (unpaired) electrons. The molecule has 3 heterocycles. The molecule has 1 fully saturated rings. The molecule has 164 valence electrons. The molecule has 0 aliphatic carbocycles. The number of nitrogens with one attached hydrogen (secondary N) is 2. The molecule has 0 aromatic carbocycles. The van der Waals surface area contributed by atoms with Gasteiger partial charge in [0.25, 0.3) is 0 Å². The average Bonchev–Trinajstić information content (AvgIpc) is 3.08. The van der Waals surface area contributed by atoms with E-state index in [2.05, 4.69) is 35.5 Å². The van der Waals surface area contributed by atoms with Gasteiger partial charge in [-0.05, 0) is 19.9 Å². The van der Waals surface area contributed by atoms with E-state index in [9.17, 15) is 4.79 Å². The van der Waals surface area contributed by atoms with Gasteiger partial charge < -0.3 is 20.4 Å². The van der Waals surface area contributed by atoms with Gasteiger partial charge in [-0.25, -0.2) is 15.0 Å². The molecule has 1 saturated heterocycles. The van der Waals surface area contributed by atoms with Gasteiger partial charge in [-0.2, -0.15) is 0 Å². The maximum Gasteiger partial charge on any atom is 0.225 e. The topological polar surface area (TPSA) is 98.6 Å². The van der Waals surface area contributed by atoms with Gasteiger partial charge in [-0.1, -0.05) is 0 Å². The van der Waals surface area contributed by atoms with Crippen LogP contribution in [0.2, 0.25) is 0 Å². The standard InChI is InChI=1S/C19H28N8OS.HI/c1-14-16(29-15(2)25-14)13-24-18(20-3)21-8-5-17(28)26-9-11-27(12-10-26)19-22-6-4-7-23-19;/h4,6-7H,5,8-13H2,1-3H3,(H2,20,21,24);1H. The van der Waals surface area contributed by atoms with E-state index in [1.165, 1.54) is 4.88 Å². The van der Waals surface area contributed by atoms with E-state index in [0.29, 0.717) is 38.6 Å². The first kappa shape index (κ1) is 24.3. The molecule has 2 aromatic rings. The Labute approximate surface area is 198 Å². The highest BCUT2D eigenvalue weighted by atomic mass is 127. The number of amides is 1. The number of carbonyl (C=O) groups is 1. The summed E-state index contributed by atoms with van der Waals surface area (Å²) in [5.74, 6) is 1.56. The minimum atomic E-state index is 0. The normalized spacial score (nSPS) is 14.3. The van der Waals surface area contributed by atoms with Crippen molar-refractivity contribution < 1.29 is 4.79 Å². The predicted octanol–water partition coefficient (Wildman–Crippen LogP) is 1.57. The highest BCUT2D eigenvalue weighted by molar-refractivity contribution is 14.0. The summed E-state index contributed by atoms with van der Waals surface area (Å²) in [5.41, 5.74) is 1.05. The minimum absolute atomic E-state index is 0. The highest BCUT2D eigenvalue weighted by Crippen LogP contribution is 2.16. The first-order valence-corrected chi connectivity index (χ1v) is 10.6. The van der Waals surface area contributed by atoms with Crippen molar-refractivity contribution in [1.82, 2.24) is 30.5 Å². The number of hydrogen-bond acceptors (Lipinski definition) is 7. The summed E-state index contributed by atoms with van der Waals surface area (Å²) < 4.78 is 0. The number of rotatable bonds is 6. The number of halogens is 1. The van der Waals surface area contributed by atoms with Crippen molar-refractivity contribution in [2.24, 2.45) is 4.99 Å². The number of guanidine groups is 1. The molecule has 2 N–H and O–H groups in total. The van der Waals surface area contributed by atoms with E-state index in [1.807, 2.05) is 18.7 Å². The van der Waals surface area contributed by atoms with E-state index in [1.54, 1.807) is 36.8 Å². The van der Waals surface area contributed by atoms with Crippen molar-refractivity contribution in [3.63, 3.8) is 0 Å². The average molecular weight is 544 g/mol. The number of hydrogen-bond donors (Lipinski definition) is 2. The van der Waals surface area contributed by atoms with Crippen LogP contribution in [0.3, 0.4) is 0 Å². The lowest BCUT2D eigenvalue weighted by atomic mass is 10.3. The SMILES string of the molecule is CN=C(NCCC(=O)N1CCN(c2ncccn2)CC1)NCc1sc(C)nc1C.I. The maximum atomic E-state index is 12.5. The van der Waals surface area contributed by atoms with E-state index < -0.39 is 0 Å². The Kier molecular flexibility index (Phi) is 9.69. The van der Waals surface area contributed by atoms with Crippen LogP contribution in [-0.4, -0.2) is 71.5 Å². The fourth-order valence-corrected chi connectivity index (χ4v) is 4.06. The summed E-state index contributed by atoms with van der Waals surface area (Å²) in [7, 11) is 1.73. The van der Waals surface area contributed by atoms with Crippen molar-refractivity contribution in [3.8, 4) is 0 Å². The Hall–Kier alpha value is -2.02. The Bertz CT molecular complexity index is 836. The summed E-state index contributed by atoms with van der Waals surface area (Å²) in [5, 5.41) is 7.56. The Balaban J connectivity index is 0.00000320. The molecule has 0 atom stereocenters. The number of aliphatic imine (C=N–C) groups is 1. The van der Waals surface area contributed by atoms with Crippen LogP contribution in [0.1, 0.15) is 22.0 Å². The van der Waals surface area contributed by atoms with Crippen LogP contribution < -0.4 is 15.5 Å². The zero-order valence-electron chi connectivity index (χ0n) is 17.6. The summed E-state index contributed by atoms with van der Waals surface area (Å²) in [6, 6.07) is 1.80. The third-order valence-corrected chi connectivity index (χ3v) is 5.81. The van der Waals surface area contributed by atoms with Crippen molar-refractivity contribution in [1.29, 1.82) is 0 Å². The summed E-state index contributed by atoms with van der Waals surface area (Å²) in [4.78, 5) is 34.9. The van der Waals surface area contributed by atoms with Gasteiger partial charge in [-0.15, -0.1) is 35.3 Å². The first-order valence-electron chi connectivity index (χ1n) is 9.74. The fraction of sp³-hybridized carbons (Fsp3) is 0.526. The molecule has 1 amide bonds. The quantitative estimate of drug-likeness (QED) is 0.324. The Morgan fingerprint density at radius 1 is 1.17 bits per heavy atom. The molecule has 0 saturated carbocycles. The van der Waals surface area contributed by atoms with Crippen molar-refractivity contribution >= 4 is 53.1 Å². The second kappa shape index (κ2) is 12.0. The van der Waals surface area contributed by atoms with Crippen LogP contribution in [0.4, 0.5) is 5.95 Å². The first-order chi connectivity index (χ1) is 14.1. The molecule has 30 heavy (non-hydrogen) atoms. The monoisotopic (exact) mass is 544 g/mol. The maximum absolute atomic E-state index is 12.5. The van der Waals surface area contributed by atoms with Crippen LogP contribution in [0.25, 0.3) is 0 Å². The van der Waals surface area contributed by atoms with Crippen LogP contribution in [0.15, 0.2) is 23.5 Å². The smallest absolute Gasteiger partial charge is 0.225 e. The number of piperazine rings is 1. The largest absolute Gasteiger partial charge is 0.356 e. The van der Waals surface area contributed by atoms with Gasteiger partial charge in [-0.3, -0.25) is 9.79 Å². The summed E-state index contributed by atoms with van der Waals surface area (Å²) in [6.45, 7) is 8.11. The lowest BCUT2D eigenvalue weighted by Gasteiger charge is -2.34. The summed E-state index contributed by atoms with van der Waals surface area (Å²) >= 11 is 1.68. The van der Waals surface area contributed by atoms with E-state index in [4.69, 9.17) is 0 Å². The Morgan fingerprint density at radius 2 is 1.87 bits per heavy atom. The number of anilines is 1. The zero-order chi connectivity index (χ0) is 20.6. The number of aromatic nitrogens is 3. The van der Waals surface area contributed by atoms with E-state index in [0.717, 1.165) is 29.7 Å². The van der Waals surface area contributed by atoms with E-state index in [-0.39, 0.29) is 29.9 Å². The molecular formula is C19H29IN8OS. The lowest BCUT2D eigenvalue weighted by Crippen LogP contribution is -2.50. The minimum Gasteiger partial charge on any atom is -0.356 e. The van der Waals surface area contributed by atoms with Gasteiger partial charge in [0, 0.05) is 63.5 Å². The highest BCUT2D eigenvalue weighted by Gasteiger charge is 2.22. The van der Waals surface area contributed by atoms with Gasteiger partial charge in [0.1, 0.15) is 0 Å². The van der Waals surface area contributed by atoms with Gasteiger partial charge >= 0.3 is 0 Å². The third kappa shape index (κ3) is 6.76. The third-order valence-electron chi connectivity index (χ3n) is 4.74. The molecule has 9 nitrogen and oxygen atoms in total. The fourth-order valence-electron chi connectivity index (χ4n) is 3.18. The predicted molar refractivity (Wildman–Crippen MR) is 131 cm³/mol. The van der Waals surface area contributed by atoms with Crippen LogP contribution >= 0.6 is 35.3 Å². The molecule has 0 spiro atoms. The molecular weight excluding hydrogens is 515 g/mol. The molecule has 2 aromatic heterocycles. The zero-order valence-corrected chi connectivity index (χ0v) is 20.7. The number of nitrogens with zero attached hydrogens (tertiary/aromatic N) is 6. The van der Waals surface area contributed by atoms with E-state index >= 15 is 0 Å². The van der Waals surface area contributed by atoms with Crippen molar-refractivity contribution in [3.05, 3.63) is 34.0 Å². The molecule has 1 aliphatic rings. The van der Waals surface area contributed by atoms with Crippen molar-refractivity contribution in [2.75, 3.05) is 44.7 Å². The van der Waals surface area contributed by atoms with Crippen LogP contribution in [-0.2, 0) is 11.3 Å². The second-order valence-electron chi connectivity index (χ2n) is 6.76.